The van der Waals surface area contributed by atoms with Gasteiger partial charge in [-0.05, 0) is 27.7 Å². The van der Waals surface area contributed by atoms with Gasteiger partial charge in [0.15, 0.2) is 0 Å². The molecule has 6 heteroatoms. The Morgan fingerprint density at radius 2 is 1.76 bits per heavy atom. The summed E-state index contributed by atoms with van der Waals surface area (Å²) in [6, 6.07) is 1.71. The van der Waals surface area contributed by atoms with Crippen LogP contribution in [-0.2, 0) is 42.0 Å². The normalized spacial score (nSPS) is 21.1. The molecule has 89 valence electrons. The van der Waals surface area contributed by atoms with E-state index in [1.165, 1.54) is 0 Å². The van der Waals surface area contributed by atoms with Gasteiger partial charge < -0.3 is 20.0 Å². The largest absolute Gasteiger partial charge is 0.421 e. The maximum Gasteiger partial charge on any atom is 0.421 e. The molecular weight excluding hydrogens is 292 g/mol. The van der Waals surface area contributed by atoms with E-state index in [0.29, 0.717) is 5.69 Å². The Balaban J connectivity index is 0.00000144. The van der Waals surface area contributed by atoms with Crippen molar-refractivity contribution in [2.75, 3.05) is 5.73 Å². The molecule has 2 heterocycles. The number of nitrogen functional groups attached to an aromatic ring is 1. The van der Waals surface area contributed by atoms with Crippen LogP contribution in [0.1, 0.15) is 27.7 Å². The number of nitrogens with zero attached hydrogens (tertiary/aromatic N) is 1. The van der Waals surface area contributed by atoms with Crippen LogP contribution in [0, 0.1) is 6.20 Å². The molecule has 0 bridgehead atoms. The quantitative estimate of drug-likeness (QED) is 0.615. The van der Waals surface area contributed by atoms with Gasteiger partial charge in [-0.15, -0.1) is 0 Å². The molecule has 1 aliphatic heterocycles. The summed E-state index contributed by atoms with van der Waals surface area (Å²) in [5.41, 5.74) is 6.48. The van der Waals surface area contributed by atoms with Gasteiger partial charge >= 0.3 is 7.12 Å². The fraction of sp³-hybridized carbons (Fsp3) is 0.545. The smallest absolute Gasteiger partial charge is 0.418 e. The minimum absolute atomic E-state index is 0. The van der Waals surface area contributed by atoms with Crippen molar-refractivity contribution < 1.29 is 42.0 Å². The van der Waals surface area contributed by atoms with Gasteiger partial charge in [0.05, 0.1) is 11.2 Å². The van der Waals surface area contributed by atoms with Gasteiger partial charge in [0.1, 0.15) is 0 Å². The summed E-state index contributed by atoms with van der Waals surface area (Å²) in [6.45, 7) is 8.03. The van der Waals surface area contributed by atoms with Gasteiger partial charge in [-0.3, -0.25) is 0 Å². The molecule has 0 amide bonds. The Labute approximate surface area is 128 Å². The van der Waals surface area contributed by atoms with Crippen molar-refractivity contribution in [1.82, 2.24) is 4.98 Å². The summed E-state index contributed by atoms with van der Waals surface area (Å²) in [7, 11) is -0.441. The first-order valence-electron chi connectivity index (χ1n) is 5.30. The van der Waals surface area contributed by atoms with Gasteiger partial charge in [-0.2, -0.15) is 6.07 Å². The first-order valence-corrected chi connectivity index (χ1v) is 5.30. The van der Waals surface area contributed by atoms with Crippen LogP contribution in [0.4, 0.5) is 5.69 Å². The predicted octanol–water partition coefficient (Wildman–Crippen LogP) is 0.761. The number of nitrogens with two attached hydrogens (primary N) is 1. The number of hydrogen-bond acceptors (Lipinski definition) is 4. The molecule has 1 aliphatic rings. The number of hydrogen-bond donors (Lipinski definition) is 1. The van der Waals surface area contributed by atoms with Gasteiger partial charge in [0.25, 0.3) is 0 Å². The molecule has 1 saturated heterocycles. The zero-order chi connectivity index (χ0) is 12.0. The van der Waals surface area contributed by atoms with E-state index in [1.54, 1.807) is 12.3 Å². The number of pyridine rings is 1. The van der Waals surface area contributed by atoms with Gasteiger partial charge in [-0.25, -0.2) is 0 Å². The van der Waals surface area contributed by atoms with Crippen molar-refractivity contribution in [2.45, 2.75) is 38.9 Å². The van der Waals surface area contributed by atoms with Crippen molar-refractivity contribution >= 4 is 18.3 Å². The second-order valence-electron chi connectivity index (χ2n) is 5.03. The first kappa shape index (κ1) is 15.1. The zero-order valence-corrected chi connectivity index (χ0v) is 13.5. The van der Waals surface area contributed by atoms with Gasteiger partial charge in [0.2, 0.25) is 0 Å². The third-order valence-electron chi connectivity index (χ3n) is 3.34. The van der Waals surface area contributed by atoms with Crippen LogP contribution in [-0.4, -0.2) is 23.3 Å². The number of anilines is 1. The first-order chi connectivity index (χ1) is 7.33. The number of rotatable bonds is 1. The van der Waals surface area contributed by atoms with Crippen LogP contribution >= 0.6 is 0 Å². The topological polar surface area (TPSA) is 57.4 Å². The molecule has 1 fully saturated rings. The van der Waals surface area contributed by atoms with Crippen molar-refractivity contribution in [3.05, 3.63) is 18.5 Å². The van der Waals surface area contributed by atoms with Crippen molar-refractivity contribution in [2.24, 2.45) is 0 Å². The Bertz CT molecular complexity index is 396. The maximum absolute atomic E-state index is 5.88. The summed E-state index contributed by atoms with van der Waals surface area (Å²) in [4.78, 5) is 3.83. The summed E-state index contributed by atoms with van der Waals surface area (Å²) in [5.74, 6) is 0. The Hall–Kier alpha value is 0.0388. The molecule has 0 unspecified atom stereocenters. The Morgan fingerprint density at radius 1 is 1.24 bits per heavy atom. The molecule has 4 nitrogen and oxygen atoms in total. The molecule has 1 radical (unpaired) electrons. The standard InChI is InChI=1S/C11H16BN2O2.Y/c1-10(2)11(3,4)16-12(15-10)8-5-6-14-7-9(8)13;/h5,7H,13H2,1-4H3;/q-1;. The molecule has 0 spiro atoms. The van der Waals surface area contributed by atoms with Crippen molar-refractivity contribution in [3.63, 3.8) is 0 Å². The summed E-state index contributed by atoms with van der Waals surface area (Å²) >= 11 is 0. The second kappa shape index (κ2) is 4.96. The van der Waals surface area contributed by atoms with Crippen LogP contribution in [0.2, 0.25) is 0 Å². The van der Waals surface area contributed by atoms with E-state index >= 15 is 0 Å². The van der Waals surface area contributed by atoms with Crippen LogP contribution in [0.3, 0.4) is 0 Å². The summed E-state index contributed by atoms with van der Waals surface area (Å²) in [6.07, 6.45) is 4.30. The second-order valence-corrected chi connectivity index (χ2v) is 5.03. The average Bonchev–Trinajstić information content (AvgIpc) is 2.36. The monoisotopic (exact) mass is 308 g/mol. The third-order valence-corrected chi connectivity index (χ3v) is 3.34. The van der Waals surface area contributed by atoms with E-state index in [1.807, 2.05) is 27.7 Å². The van der Waals surface area contributed by atoms with Crippen LogP contribution in [0.25, 0.3) is 0 Å². The zero-order valence-electron chi connectivity index (χ0n) is 10.7. The molecule has 1 aromatic heterocycles. The van der Waals surface area contributed by atoms with E-state index in [4.69, 9.17) is 15.0 Å². The molecule has 2 N–H and O–H groups in total. The van der Waals surface area contributed by atoms with Crippen LogP contribution in [0.5, 0.6) is 0 Å². The molecule has 1 aromatic rings. The SMILES string of the molecule is CC1(C)OB(c2c[c-]ncc2N)OC1(C)C.[Y]. The fourth-order valence-electron chi connectivity index (χ4n) is 1.55. The summed E-state index contributed by atoms with van der Waals surface area (Å²) < 4.78 is 11.8. The number of aromatic nitrogens is 1. The minimum atomic E-state index is -0.441. The predicted molar refractivity (Wildman–Crippen MR) is 63.2 cm³/mol. The van der Waals surface area contributed by atoms with Gasteiger partial charge in [0, 0.05) is 32.7 Å². The summed E-state index contributed by atoms with van der Waals surface area (Å²) in [5, 5.41) is 0. The van der Waals surface area contributed by atoms with Gasteiger partial charge in [-0.1, -0.05) is 23.5 Å². The average molecular weight is 308 g/mol. The van der Waals surface area contributed by atoms with E-state index < -0.39 is 7.12 Å². The van der Waals surface area contributed by atoms with E-state index in [9.17, 15) is 0 Å². The Kier molecular flexibility index (Phi) is 4.41. The molecule has 0 atom stereocenters. The molecule has 0 aromatic carbocycles. The molecule has 2 rings (SSSR count). The van der Waals surface area contributed by atoms with Crippen molar-refractivity contribution in [1.29, 1.82) is 0 Å². The third kappa shape index (κ3) is 2.73. The van der Waals surface area contributed by atoms with E-state index in [2.05, 4.69) is 11.2 Å². The molecule has 0 saturated carbocycles. The van der Waals surface area contributed by atoms with E-state index in [0.717, 1.165) is 5.46 Å². The van der Waals surface area contributed by atoms with Crippen LogP contribution in [0.15, 0.2) is 12.3 Å². The minimum Gasteiger partial charge on any atom is -0.418 e. The molecule has 17 heavy (non-hydrogen) atoms. The molecular formula is C11H16BN2O2Y-. The van der Waals surface area contributed by atoms with Crippen molar-refractivity contribution in [3.8, 4) is 0 Å². The Morgan fingerprint density at radius 3 is 2.24 bits per heavy atom. The fourth-order valence-corrected chi connectivity index (χ4v) is 1.55. The maximum atomic E-state index is 5.88. The molecule has 0 aliphatic carbocycles. The van der Waals surface area contributed by atoms with Crippen LogP contribution < -0.4 is 11.2 Å². The van der Waals surface area contributed by atoms with E-state index in [-0.39, 0.29) is 43.9 Å².